The summed E-state index contributed by atoms with van der Waals surface area (Å²) in [4.78, 5) is 2.48. The number of para-hydroxylation sites is 1. The molecule has 1 heterocycles. The van der Waals surface area contributed by atoms with E-state index in [0.717, 1.165) is 24.0 Å². The van der Waals surface area contributed by atoms with Gasteiger partial charge in [0.05, 0.1) is 0 Å². The molecule has 0 radical (unpaired) electrons. The van der Waals surface area contributed by atoms with E-state index in [1.54, 1.807) is 0 Å². The summed E-state index contributed by atoms with van der Waals surface area (Å²) in [5.74, 6) is 0.652. The Balaban J connectivity index is 1.12. The van der Waals surface area contributed by atoms with Gasteiger partial charge in [-0.05, 0) is 82.6 Å². The standard InChI is InChI=1S/C43H35NO/c1-43(2)39-27-34(22-23-35(39)37-24-25-38-36-14-8-9-15-40(36)45-42(38)41(37)43)44(32-12-4-3-5-13-32)33-20-18-29(19-21-33)31-17-16-28-10-6-7-11-30(28)26-31/h3-4,6-12,14-27,35,39H,5,13H2,1-2H3. The second-order valence-electron chi connectivity index (χ2n) is 13.3. The van der Waals surface area contributed by atoms with Crippen LogP contribution in [-0.2, 0) is 5.41 Å². The normalized spacial score (nSPS) is 19.9. The number of hydrogen-bond acceptors (Lipinski definition) is 2. The molecule has 0 amide bonds. The highest BCUT2D eigenvalue weighted by atomic mass is 16.3. The van der Waals surface area contributed by atoms with Gasteiger partial charge in [-0.2, -0.15) is 0 Å². The molecule has 6 aromatic rings. The number of rotatable bonds is 4. The molecule has 0 N–H and O–H groups in total. The fraction of sp³-hybridized carbons (Fsp3) is 0.163. The second-order valence-corrected chi connectivity index (χ2v) is 13.3. The lowest BCUT2D eigenvalue weighted by atomic mass is 9.73. The lowest BCUT2D eigenvalue weighted by molar-refractivity contribution is 0.391. The van der Waals surface area contributed by atoms with Crippen molar-refractivity contribution < 1.29 is 4.42 Å². The van der Waals surface area contributed by atoms with Gasteiger partial charge < -0.3 is 9.32 Å². The van der Waals surface area contributed by atoms with Gasteiger partial charge in [-0.1, -0.05) is 117 Å². The summed E-state index contributed by atoms with van der Waals surface area (Å²) in [5.41, 5.74) is 10.9. The zero-order valence-corrected chi connectivity index (χ0v) is 25.7. The maximum absolute atomic E-state index is 6.58. The first-order valence-electron chi connectivity index (χ1n) is 16.2. The van der Waals surface area contributed by atoms with Crippen LogP contribution >= 0.6 is 0 Å². The van der Waals surface area contributed by atoms with Crippen LogP contribution in [0.4, 0.5) is 5.69 Å². The third kappa shape index (κ3) is 4.09. The molecule has 0 bridgehead atoms. The zero-order chi connectivity index (χ0) is 30.1. The van der Waals surface area contributed by atoms with Gasteiger partial charge in [0.2, 0.25) is 0 Å². The lowest BCUT2D eigenvalue weighted by Crippen LogP contribution is -2.29. The van der Waals surface area contributed by atoms with Crippen molar-refractivity contribution in [3.8, 4) is 11.1 Å². The predicted octanol–water partition coefficient (Wildman–Crippen LogP) is 11.6. The number of benzene rings is 5. The van der Waals surface area contributed by atoms with Crippen LogP contribution in [0.3, 0.4) is 0 Å². The minimum Gasteiger partial charge on any atom is -0.456 e. The topological polar surface area (TPSA) is 16.4 Å². The number of fused-ring (bicyclic) bond motifs is 8. The highest BCUT2D eigenvalue weighted by molar-refractivity contribution is 6.06. The quantitative estimate of drug-likeness (QED) is 0.206. The molecule has 2 nitrogen and oxygen atoms in total. The van der Waals surface area contributed by atoms with Gasteiger partial charge in [0.1, 0.15) is 11.2 Å². The molecule has 1 aromatic heterocycles. The Kier molecular flexibility index (Phi) is 5.83. The van der Waals surface area contributed by atoms with E-state index in [-0.39, 0.29) is 5.41 Å². The van der Waals surface area contributed by atoms with E-state index in [1.165, 1.54) is 60.9 Å². The molecule has 9 rings (SSSR count). The number of furan rings is 1. The molecule has 3 aliphatic rings. The molecular formula is C43H35NO. The first-order valence-corrected chi connectivity index (χ1v) is 16.2. The van der Waals surface area contributed by atoms with E-state index in [1.807, 2.05) is 0 Å². The third-order valence-corrected chi connectivity index (χ3v) is 10.4. The van der Waals surface area contributed by atoms with Crippen molar-refractivity contribution in [1.29, 1.82) is 0 Å². The number of hydrogen-bond donors (Lipinski definition) is 0. The molecule has 3 aliphatic carbocycles. The van der Waals surface area contributed by atoms with Crippen LogP contribution in [-0.4, -0.2) is 0 Å². The van der Waals surface area contributed by atoms with E-state index in [9.17, 15) is 0 Å². The molecule has 0 saturated heterocycles. The molecule has 5 aromatic carbocycles. The van der Waals surface area contributed by atoms with Crippen LogP contribution in [0, 0.1) is 5.92 Å². The van der Waals surface area contributed by atoms with Crippen LogP contribution in [0.1, 0.15) is 43.7 Å². The Labute approximate surface area is 264 Å². The zero-order valence-electron chi connectivity index (χ0n) is 25.7. The Bertz CT molecular complexity index is 2260. The van der Waals surface area contributed by atoms with Gasteiger partial charge in [-0.15, -0.1) is 0 Å². The van der Waals surface area contributed by atoms with Gasteiger partial charge in [0.25, 0.3) is 0 Å². The van der Waals surface area contributed by atoms with Crippen LogP contribution < -0.4 is 4.90 Å². The lowest BCUT2D eigenvalue weighted by Gasteiger charge is -2.36. The van der Waals surface area contributed by atoms with Gasteiger partial charge in [-0.3, -0.25) is 0 Å². The summed E-state index contributed by atoms with van der Waals surface area (Å²) in [7, 11) is 0. The summed E-state index contributed by atoms with van der Waals surface area (Å²) < 4.78 is 6.58. The van der Waals surface area contributed by atoms with Crippen molar-refractivity contribution >= 4 is 38.4 Å². The van der Waals surface area contributed by atoms with E-state index in [2.05, 4.69) is 158 Å². The molecule has 0 saturated carbocycles. The van der Waals surface area contributed by atoms with E-state index >= 15 is 0 Å². The highest BCUT2D eigenvalue weighted by Gasteiger charge is 2.47. The third-order valence-electron chi connectivity index (χ3n) is 10.4. The molecule has 2 atom stereocenters. The molecule has 0 spiro atoms. The monoisotopic (exact) mass is 581 g/mol. The van der Waals surface area contributed by atoms with E-state index in [4.69, 9.17) is 4.42 Å². The van der Waals surface area contributed by atoms with Gasteiger partial charge in [0.15, 0.2) is 0 Å². The number of anilines is 1. The summed E-state index contributed by atoms with van der Waals surface area (Å²) >= 11 is 0. The molecule has 0 aliphatic heterocycles. The van der Waals surface area contributed by atoms with Crippen molar-refractivity contribution in [2.75, 3.05) is 4.90 Å². The maximum atomic E-state index is 6.58. The molecule has 0 fully saturated rings. The smallest absolute Gasteiger partial charge is 0.139 e. The minimum absolute atomic E-state index is 0.0874. The first kappa shape index (κ1) is 26.3. The summed E-state index contributed by atoms with van der Waals surface area (Å²) in [6.07, 6.45) is 16.2. The fourth-order valence-electron chi connectivity index (χ4n) is 8.11. The first-order chi connectivity index (χ1) is 22.1. The van der Waals surface area contributed by atoms with Crippen molar-refractivity contribution in [2.24, 2.45) is 5.92 Å². The van der Waals surface area contributed by atoms with Crippen molar-refractivity contribution in [3.05, 3.63) is 162 Å². The molecule has 218 valence electrons. The van der Waals surface area contributed by atoms with Crippen LogP contribution in [0.2, 0.25) is 0 Å². The van der Waals surface area contributed by atoms with Gasteiger partial charge >= 0.3 is 0 Å². The Hall–Kier alpha value is -5.08. The van der Waals surface area contributed by atoms with Gasteiger partial charge in [0, 0.05) is 44.8 Å². The second kappa shape index (κ2) is 9.97. The van der Waals surface area contributed by atoms with Crippen molar-refractivity contribution in [2.45, 2.75) is 38.0 Å². The molecule has 2 heteroatoms. The van der Waals surface area contributed by atoms with Crippen molar-refractivity contribution in [3.63, 3.8) is 0 Å². The van der Waals surface area contributed by atoms with Crippen LogP contribution in [0.5, 0.6) is 0 Å². The Morgan fingerprint density at radius 3 is 2.42 bits per heavy atom. The highest BCUT2D eigenvalue weighted by Crippen LogP contribution is 2.56. The number of nitrogens with zero attached hydrogens (tertiary/aromatic N) is 1. The van der Waals surface area contributed by atoms with Crippen LogP contribution in [0.25, 0.3) is 43.8 Å². The van der Waals surface area contributed by atoms with Crippen molar-refractivity contribution in [1.82, 2.24) is 0 Å². The molecule has 45 heavy (non-hydrogen) atoms. The Morgan fingerprint density at radius 2 is 1.58 bits per heavy atom. The molecular weight excluding hydrogens is 546 g/mol. The largest absolute Gasteiger partial charge is 0.456 e. The molecule has 2 unspecified atom stereocenters. The van der Waals surface area contributed by atoms with Gasteiger partial charge in [-0.25, -0.2) is 0 Å². The summed E-state index contributed by atoms with van der Waals surface area (Å²) in [5, 5.41) is 4.96. The van der Waals surface area contributed by atoms with E-state index < -0.39 is 0 Å². The maximum Gasteiger partial charge on any atom is 0.139 e. The summed E-state index contributed by atoms with van der Waals surface area (Å²) in [6, 6.07) is 37.5. The van der Waals surface area contributed by atoms with Crippen LogP contribution in [0.15, 0.2) is 155 Å². The minimum atomic E-state index is -0.0874. The summed E-state index contributed by atoms with van der Waals surface area (Å²) in [6.45, 7) is 4.81. The fourth-order valence-corrected chi connectivity index (χ4v) is 8.11. The average Bonchev–Trinajstić information content (AvgIpc) is 3.57. The van der Waals surface area contributed by atoms with E-state index in [0.29, 0.717) is 11.8 Å². The SMILES string of the molecule is CC1(C)c2c(ccc3c2oc2ccccc23)C2C=CC(N(C3=CC=CCC3)c3ccc(-c4ccc5ccccc5c4)cc3)=CC21. The predicted molar refractivity (Wildman–Crippen MR) is 189 cm³/mol. The number of allylic oxidation sites excluding steroid dienone is 7. The average molecular weight is 582 g/mol. The Morgan fingerprint density at radius 1 is 0.778 bits per heavy atom.